The van der Waals surface area contributed by atoms with Crippen LogP contribution in [0, 0.1) is 0 Å². The molecule has 0 spiro atoms. The van der Waals surface area contributed by atoms with Gasteiger partial charge in [0.1, 0.15) is 6.54 Å². The maximum absolute atomic E-state index is 5.55. The van der Waals surface area contributed by atoms with E-state index in [1.807, 2.05) is 28.8 Å². The van der Waals surface area contributed by atoms with Gasteiger partial charge in [-0.2, -0.15) is 0 Å². The molecular formula is C18H29N7O. The Morgan fingerprint density at radius 1 is 1.27 bits per heavy atom. The number of rotatable bonds is 6. The topological polar surface area (TPSA) is 79.1 Å². The standard InChI is InChI=1S/C18H29N7O/c1-4-19-17(21-14-18(24(2)3)8-11-26-12-9-18)20-13-16-23-22-15-7-5-6-10-25(15)16/h5-7,10H,4,8-9,11-14H2,1-3H3,(H2,19,20,21). The zero-order valence-electron chi connectivity index (χ0n) is 15.9. The van der Waals surface area contributed by atoms with Gasteiger partial charge >= 0.3 is 0 Å². The lowest BCUT2D eigenvalue weighted by Crippen LogP contribution is -2.57. The molecule has 0 amide bonds. The molecule has 2 aromatic heterocycles. The molecule has 0 aromatic carbocycles. The second kappa shape index (κ2) is 8.46. The molecular weight excluding hydrogens is 330 g/mol. The maximum Gasteiger partial charge on any atom is 0.191 e. The summed E-state index contributed by atoms with van der Waals surface area (Å²) in [5.41, 5.74) is 0.931. The van der Waals surface area contributed by atoms with Gasteiger partial charge in [-0.1, -0.05) is 6.07 Å². The van der Waals surface area contributed by atoms with Gasteiger partial charge in [0, 0.05) is 38.0 Å². The van der Waals surface area contributed by atoms with E-state index in [-0.39, 0.29) is 5.54 Å². The summed E-state index contributed by atoms with van der Waals surface area (Å²) in [6.45, 7) is 5.79. The Hall–Kier alpha value is -2.19. The highest BCUT2D eigenvalue weighted by atomic mass is 16.5. The number of aliphatic imine (C=N–C) groups is 1. The Morgan fingerprint density at radius 3 is 2.81 bits per heavy atom. The summed E-state index contributed by atoms with van der Waals surface area (Å²) in [5, 5.41) is 15.3. The van der Waals surface area contributed by atoms with Crippen LogP contribution in [0.15, 0.2) is 29.4 Å². The Balaban J connectivity index is 1.69. The number of nitrogens with zero attached hydrogens (tertiary/aromatic N) is 5. The van der Waals surface area contributed by atoms with Gasteiger partial charge in [0.05, 0.1) is 0 Å². The SMILES string of the molecule is CCNC(=NCc1nnc2ccccn12)NCC1(N(C)C)CCOCC1. The van der Waals surface area contributed by atoms with Crippen LogP contribution >= 0.6 is 0 Å². The quantitative estimate of drug-likeness (QED) is 0.589. The molecule has 0 radical (unpaired) electrons. The minimum atomic E-state index is 0.0933. The third kappa shape index (κ3) is 4.13. The zero-order chi connectivity index (χ0) is 18.4. The summed E-state index contributed by atoms with van der Waals surface area (Å²) >= 11 is 0. The maximum atomic E-state index is 5.55. The van der Waals surface area contributed by atoms with Crippen molar-refractivity contribution in [1.29, 1.82) is 0 Å². The van der Waals surface area contributed by atoms with Crippen LogP contribution in [0.2, 0.25) is 0 Å². The fraction of sp³-hybridized carbons (Fsp3) is 0.611. The van der Waals surface area contributed by atoms with Crippen molar-refractivity contribution >= 4 is 11.6 Å². The van der Waals surface area contributed by atoms with Crippen molar-refractivity contribution in [3.8, 4) is 0 Å². The average molecular weight is 359 g/mol. The summed E-state index contributed by atoms with van der Waals surface area (Å²) in [6.07, 6.45) is 3.99. The molecule has 0 unspecified atom stereocenters. The second-order valence-corrected chi connectivity index (χ2v) is 6.82. The lowest BCUT2D eigenvalue weighted by molar-refractivity contribution is -0.00501. The van der Waals surface area contributed by atoms with Crippen molar-refractivity contribution in [2.24, 2.45) is 4.99 Å². The van der Waals surface area contributed by atoms with E-state index < -0.39 is 0 Å². The highest BCUT2D eigenvalue weighted by Crippen LogP contribution is 2.25. The fourth-order valence-electron chi connectivity index (χ4n) is 3.27. The van der Waals surface area contributed by atoms with E-state index in [1.165, 1.54) is 0 Å². The first-order chi connectivity index (χ1) is 12.6. The molecule has 1 saturated heterocycles. The molecule has 0 bridgehead atoms. The first-order valence-electron chi connectivity index (χ1n) is 9.20. The van der Waals surface area contributed by atoms with Crippen molar-refractivity contribution < 1.29 is 4.74 Å². The number of aromatic nitrogens is 3. The highest BCUT2D eigenvalue weighted by Gasteiger charge is 2.34. The van der Waals surface area contributed by atoms with E-state index >= 15 is 0 Å². The Morgan fingerprint density at radius 2 is 2.08 bits per heavy atom. The van der Waals surface area contributed by atoms with Crippen LogP contribution in [-0.4, -0.2) is 71.4 Å². The summed E-state index contributed by atoms with van der Waals surface area (Å²) in [5.74, 6) is 1.62. The molecule has 3 heterocycles. The molecule has 0 aliphatic carbocycles. The van der Waals surface area contributed by atoms with Crippen LogP contribution in [0.3, 0.4) is 0 Å². The number of fused-ring (bicyclic) bond motifs is 1. The van der Waals surface area contributed by atoms with Crippen molar-refractivity contribution in [2.45, 2.75) is 31.8 Å². The van der Waals surface area contributed by atoms with E-state index in [1.54, 1.807) is 0 Å². The number of guanidine groups is 1. The van der Waals surface area contributed by atoms with Crippen molar-refractivity contribution in [3.63, 3.8) is 0 Å². The van der Waals surface area contributed by atoms with Gasteiger partial charge in [-0.15, -0.1) is 10.2 Å². The molecule has 1 aliphatic rings. The Kier molecular flexibility index (Phi) is 6.05. The predicted octanol–water partition coefficient (Wildman–Crippen LogP) is 0.895. The van der Waals surface area contributed by atoms with E-state index in [2.05, 4.69) is 46.7 Å². The molecule has 3 rings (SSSR count). The molecule has 1 fully saturated rings. The van der Waals surface area contributed by atoms with Crippen LogP contribution in [0.25, 0.3) is 5.65 Å². The lowest BCUT2D eigenvalue weighted by atomic mass is 9.88. The lowest BCUT2D eigenvalue weighted by Gasteiger charge is -2.43. The molecule has 2 N–H and O–H groups in total. The van der Waals surface area contributed by atoms with E-state index in [4.69, 9.17) is 9.73 Å². The molecule has 0 atom stereocenters. The molecule has 1 aliphatic heterocycles. The van der Waals surface area contributed by atoms with Crippen LogP contribution in [0.1, 0.15) is 25.6 Å². The normalized spacial score (nSPS) is 17.6. The smallest absolute Gasteiger partial charge is 0.191 e. The van der Waals surface area contributed by atoms with Gasteiger partial charge in [0.15, 0.2) is 17.4 Å². The van der Waals surface area contributed by atoms with Crippen LogP contribution < -0.4 is 10.6 Å². The van der Waals surface area contributed by atoms with Crippen LogP contribution in [0.4, 0.5) is 0 Å². The molecule has 8 heteroatoms. The minimum Gasteiger partial charge on any atom is -0.381 e. The third-order valence-electron chi connectivity index (χ3n) is 5.06. The summed E-state index contributed by atoms with van der Waals surface area (Å²) in [6, 6.07) is 5.87. The number of likely N-dealkylation sites (N-methyl/N-ethyl adjacent to an activating group) is 1. The van der Waals surface area contributed by atoms with E-state index in [0.29, 0.717) is 6.54 Å². The molecule has 2 aromatic rings. The minimum absolute atomic E-state index is 0.0933. The highest BCUT2D eigenvalue weighted by molar-refractivity contribution is 5.79. The average Bonchev–Trinajstić information content (AvgIpc) is 3.08. The second-order valence-electron chi connectivity index (χ2n) is 6.82. The molecule has 26 heavy (non-hydrogen) atoms. The molecule has 142 valence electrons. The predicted molar refractivity (Wildman–Crippen MR) is 102 cm³/mol. The van der Waals surface area contributed by atoms with Gasteiger partial charge in [-0.05, 0) is 46.0 Å². The summed E-state index contributed by atoms with van der Waals surface area (Å²) < 4.78 is 7.51. The zero-order valence-corrected chi connectivity index (χ0v) is 15.9. The number of hydrogen-bond acceptors (Lipinski definition) is 5. The van der Waals surface area contributed by atoms with Gasteiger partial charge in [0.25, 0.3) is 0 Å². The third-order valence-corrected chi connectivity index (χ3v) is 5.06. The van der Waals surface area contributed by atoms with E-state index in [9.17, 15) is 0 Å². The summed E-state index contributed by atoms with van der Waals surface area (Å²) in [7, 11) is 4.28. The largest absolute Gasteiger partial charge is 0.381 e. The first-order valence-corrected chi connectivity index (χ1v) is 9.20. The van der Waals surface area contributed by atoms with Gasteiger partial charge in [-0.3, -0.25) is 4.40 Å². The monoisotopic (exact) mass is 359 g/mol. The Bertz CT molecular complexity index is 734. The number of pyridine rings is 1. The number of nitrogens with one attached hydrogen (secondary N) is 2. The Labute approximate surface area is 154 Å². The van der Waals surface area contributed by atoms with Crippen molar-refractivity contribution in [1.82, 2.24) is 30.1 Å². The van der Waals surface area contributed by atoms with Gasteiger partial charge in [0.2, 0.25) is 0 Å². The van der Waals surface area contributed by atoms with E-state index in [0.717, 1.165) is 56.6 Å². The number of ether oxygens (including phenoxy) is 1. The van der Waals surface area contributed by atoms with Gasteiger partial charge < -0.3 is 20.3 Å². The number of hydrogen-bond donors (Lipinski definition) is 2. The summed E-state index contributed by atoms with van der Waals surface area (Å²) in [4.78, 5) is 7.01. The van der Waals surface area contributed by atoms with Crippen molar-refractivity contribution in [2.75, 3.05) is 40.4 Å². The van der Waals surface area contributed by atoms with Crippen LogP contribution in [0.5, 0.6) is 0 Å². The molecule has 0 saturated carbocycles. The fourth-order valence-corrected chi connectivity index (χ4v) is 3.27. The molecule has 8 nitrogen and oxygen atoms in total. The van der Waals surface area contributed by atoms with Crippen LogP contribution in [-0.2, 0) is 11.3 Å². The van der Waals surface area contributed by atoms with Crippen molar-refractivity contribution in [3.05, 3.63) is 30.2 Å². The van der Waals surface area contributed by atoms with Gasteiger partial charge in [-0.25, -0.2) is 4.99 Å². The first kappa shape index (κ1) is 18.6.